The number of H-pyrrole nitrogens is 1. The predicted molar refractivity (Wildman–Crippen MR) is 38.4 cm³/mol. The summed E-state index contributed by atoms with van der Waals surface area (Å²) < 4.78 is 21.2. The van der Waals surface area contributed by atoms with Crippen molar-refractivity contribution in [3.8, 4) is 0 Å². The molecule has 5 nitrogen and oxygen atoms in total. The van der Waals surface area contributed by atoms with E-state index in [0.717, 1.165) is 12.3 Å². The number of primary sulfonamides is 1. The summed E-state index contributed by atoms with van der Waals surface area (Å²) >= 11 is 0. The lowest BCUT2D eigenvalue weighted by Gasteiger charge is -1.93. The first-order valence-electron chi connectivity index (χ1n) is 2.72. The zero-order chi connectivity index (χ0) is 8.48. The van der Waals surface area contributed by atoms with Gasteiger partial charge in [-0.05, 0) is 0 Å². The lowest BCUT2D eigenvalue weighted by Crippen LogP contribution is -2.20. The summed E-state index contributed by atoms with van der Waals surface area (Å²) in [7, 11) is -3.88. The van der Waals surface area contributed by atoms with Gasteiger partial charge in [0.25, 0.3) is 0 Å². The maximum Gasteiger partial charge on any atom is 0.243 e. The van der Waals surface area contributed by atoms with Gasteiger partial charge in [-0.25, -0.2) is 13.6 Å². The van der Waals surface area contributed by atoms with Crippen LogP contribution in [0.25, 0.3) is 0 Å². The van der Waals surface area contributed by atoms with E-state index in [1.54, 1.807) is 0 Å². The number of sulfonamides is 1. The molecule has 1 rings (SSSR count). The number of hydrogen-bond donors (Lipinski definition) is 2. The van der Waals surface area contributed by atoms with E-state index in [4.69, 9.17) is 5.14 Å². The van der Waals surface area contributed by atoms with Gasteiger partial charge in [0.15, 0.2) is 0 Å². The van der Waals surface area contributed by atoms with E-state index in [-0.39, 0.29) is 0 Å². The first-order chi connectivity index (χ1) is 5.02. The third-order valence-electron chi connectivity index (χ3n) is 1.09. The van der Waals surface area contributed by atoms with Crippen molar-refractivity contribution in [3.63, 3.8) is 0 Å². The van der Waals surface area contributed by atoms with Crippen LogP contribution in [-0.2, 0) is 10.0 Å². The summed E-state index contributed by atoms with van der Waals surface area (Å²) in [5, 5.41) is 4.71. The van der Waals surface area contributed by atoms with Gasteiger partial charge in [-0.2, -0.15) is 0 Å². The SMILES string of the molecule is NS(=O)(=O)c1c[nH]ccc1=O. The molecule has 0 aromatic carbocycles. The topological polar surface area (TPSA) is 93.0 Å². The summed E-state index contributed by atoms with van der Waals surface area (Å²) in [6.07, 6.45) is 2.38. The molecule has 1 aromatic rings. The molecular formula is C5H6N2O3S. The molecule has 0 atom stereocenters. The maximum atomic E-state index is 10.8. The number of nitrogens with one attached hydrogen (secondary N) is 1. The molecule has 0 aliphatic rings. The average Bonchev–Trinajstić information content (AvgIpc) is 1.86. The van der Waals surface area contributed by atoms with Gasteiger partial charge in [-0.3, -0.25) is 4.79 Å². The fourth-order valence-corrected chi connectivity index (χ4v) is 1.20. The molecule has 0 amide bonds. The molecule has 60 valence electrons. The number of rotatable bonds is 1. The van der Waals surface area contributed by atoms with Crippen molar-refractivity contribution >= 4 is 10.0 Å². The number of hydrogen-bond acceptors (Lipinski definition) is 3. The molecule has 0 radical (unpaired) electrons. The van der Waals surface area contributed by atoms with E-state index in [1.165, 1.54) is 6.20 Å². The van der Waals surface area contributed by atoms with Crippen molar-refractivity contribution in [2.75, 3.05) is 0 Å². The molecule has 6 heteroatoms. The maximum absolute atomic E-state index is 10.8. The average molecular weight is 174 g/mol. The van der Waals surface area contributed by atoms with Crippen LogP contribution in [0.3, 0.4) is 0 Å². The highest BCUT2D eigenvalue weighted by Gasteiger charge is 2.10. The second-order valence-corrected chi connectivity index (χ2v) is 3.45. The van der Waals surface area contributed by atoms with Crippen molar-refractivity contribution in [1.82, 2.24) is 4.98 Å². The van der Waals surface area contributed by atoms with Gasteiger partial charge in [0, 0.05) is 18.5 Å². The second-order valence-electron chi connectivity index (χ2n) is 1.92. The zero-order valence-electron chi connectivity index (χ0n) is 5.44. The Morgan fingerprint density at radius 3 is 2.45 bits per heavy atom. The molecule has 11 heavy (non-hydrogen) atoms. The van der Waals surface area contributed by atoms with Crippen LogP contribution in [0.4, 0.5) is 0 Å². The van der Waals surface area contributed by atoms with Crippen molar-refractivity contribution in [2.24, 2.45) is 5.14 Å². The Kier molecular flexibility index (Phi) is 1.79. The molecule has 0 unspecified atom stereocenters. The number of pyridine rings is 1. The summed E-state index contributed by atoms with van der Waals surface area (Å²) in [5.74, 6) is 0. The lowest BCUT2D eigenvalue weighted by molar-refractivity contribution is 0.596. The van der Waals surface area contributed by atoms with Crippen molar-refractivity contribution in [2.45, 2.75) is 4.90 Å². The van der Waals surface area contributed by atoms with E-state index >= 15 is 0 Å². The highest BCUT2D eigenvalue weighted by Crippen LogP contribution is 1.93. The smallest absolute Gasteiger partial charge is 0.243 e. The minimum absolute atomic E-state index is 0.417. The van der Waals surface area contributed by atoms with Crippen LogP contribution in [0.5, 0.6) is 0 Å². The molecule has 3 N–H and O–H groups in total. The van der Waals surface area contributed by atoms with Crippen molar-refractivity contribution in [1.29, 1.82) is 0 Å². The molecule has 0 bridgehead atoms. The Labute approximate surface area is 62.9 Å². The highest BCUT2D eigenvalue weighted by atomic mass is 32.2. The largest absolute Gasteiger partial charge is 0.366 e. The molecular weight excluding hydrogens is 168 g/mol. The summed E-state index contributed by atoms with van der Waals surface area (Å²) in [5.41, 5.74) is -0.605. The molecule has 0 saturated heterocycles. The van der Waals surface area contributed by atoms with Crippen LogP contribution in [-0.4, -0.2) is 13.4 Å². The van der Waals surface area contributed by atoms with Crippen LogP contribution in [0.2, 0.25) is 0 Å². The van der Waals surface area contributed by atoms with E-state index in [2.05, 4.69) is 4.98 Å². The van der Waals surface area contributed by atoms with Crippen LogP contribution in [0.1, 0.15) is 0 Å². The first kappa shape index (κ1) is 7.96. The van der Waals surface area contributed by atoms with Crippen molar-refractivity contribution < 1.29 is 8.42 Å². The van der Waals surface area contributed by atoms with Crippen molar-refractivity contribution in [3.05, 3.63) is 28.7 Å². The number of aromatic nitrogens is 1. The predicted octanol–water partition coefficient (Wildman–Crippen LogP) is -0.978. The third-order valence-corrected chi connectivity index (χ3v) is 2.03. The summed E-state index contributed by atoms with van der Waals surface area (Å²) in [6, 6.07) is 1.10. The van der Waals surface area contributed by atoms with Gasteiger partial charge >= 0.3 is 0 Å². The minimum Gasteiger partial charge on any atom is -0.366 e. The van der Waals surface area contributed by atoms with Crippen LogP contribution >= 0.6 is 0 Å². The summed E-state index contributed by atoms with van der Waals surface area (Å²) in [6.45, 7) is 0. The second kappa shape index (κ2) is 2.48. The Bertz CT molecular complexity index is 406. The first-order valence-corrected chi connectivity index (χ1v) is 4.26. The standard InChI is InChI=1S/C5H6N2O3S/c6-11(9,10)5-3-7-2-1-4(5)8/h1-3H,(H,7,8)(H2,6,9,10). The molecule has 1 aromatic heterocycles. The molecule has 0 fully saturated rings. The quantitative estimate of drug-likeness (QED) is 0.573. The molecule has 0 aliphatic heterocycles. The molecule has 0 saturated carbocycles. The van der Waals surface area contributed by atoms with E-state index in [9.17, 15) is 13.2 Å². The van der Waals surface area contributed by atoms with E-state index in [0.29, 0.717) is 0 Å². The van der Waals surface area contributed by atoms with E-state index in [1.807, 2.05) is 0 Å². The Morgan fingerprint density at radius 2 is 2.09 bits per heavy atom. The Hall–Kier alpha value is -1.14. The van der Waals surface area contributed by atoms with Gasteiger partial charge in [0.2, 0.25) is 15.5 Å². The van der Waals surface area contributed by atoms with Gasteiger partial charge in [-0.15, -0.1) is 0 Å². The minimum atomic E-state index is -3.88. The van der Waals surface area contributed by atoms with Crippen LogP contribution < -0.4 is 10.6 Å². The van der Waals surface area contributed by atoms with E-state index < -0.39 is 20.3 Å². The van der Waals surface area contributed by atoms with Gasteiger partial charge in [0.1, 0.15) is 4.90 Å². The lowest BCUT2D eigenvalue weighted by atomic mass is 10.5. The molecule has 0 aliphatic carbocycles. The summed E-state index contributed by atoms with van der Waals surface area (Å²) in [4.78, 5) is 12.8. The van der Waals surface area contributed by atoms with Gasteiger partial charge in [0.05, 0.1) is 0 Å². The fraction of sp³-hybridized carbons (Fsp3) is 0. The zero-order valence-corrected chi connectivity index (χ0v) is 6.26. The number of aromatic amines is 1. The highest BCUT2D eigenvalue weighted by molar-refractivity contribution is 7.89. The van der Waals surface area contributed by atoms with Crippen LogP contribution in [0.15, 0.2) is 28.2 Å². The fourth-order valence-electron chi connectivity index (χ4n) is 0.623. The van der Waals surface area contributed by atoms with Crippen LogP contribution in [0, 0.1) is 0 Å². The Morgan fingerprint density at radius 1 is 1.45 bits per heavy atom. The monoisotopic (exact) mass is 174 g/mol. The Balaban J connectivity index is 3.50. The number of nitrogens with two attached hydrogens (primary N) is 1. The molecule has 1 heterocycles. The third kappa shape index (κ3) is 1.66. The van der Waals surface area contributed by atoms with Gasteiger partial charge in [-0.1, -0.05) is 0 Å². The van der Waals surface area contributed by atoms with Gasteiger partial charge < -0.3 is 4.98 Å². The normalized spacial score (nSPS) is 11.4. The molecule has 0 spiro atoms.